The Balaban J connectivity index is 0.00000112. The molecule has 2 heteroatoms. The predicted octanol–water partition coefficient (Wildman–Crippen LogP) is -0.0686. The van der Waals surface area contributed by atoms with Crippen molar-refractivity contribution in [3.05, 3.63) is 42.7 Å². The van der Waals surface area contributed by atoms with Crippen molar-refractivity contribution < 1.29 is 28.5 Å². The third-order valence-corrected chi connectivity index (χ3v) is 2.52. The van der Waals surface area contributed by atoms with Crippen molar-refractivity contribution in [1.82, 2.24) is 0 Å². The van der Waals surface area contributed by atoms with Crippen LogP contribution in [0.1, 0.15) is 19.8 Å². The number of fused-ring (bicyclic) bond motifs is 1. The fourth-order valence-electron chi connectivity index (χ4n) is 1.66. The molecular weight excluding hydrogens is 297 g/mol. The van der Waals surface area contributed by atoms with Crippen LogP contribution in [-0.2, 0) is 6.54 Å². The first-order valence-corrected chi connectivity index (χ1v) is 5.28. The molecule has 0 unspecified atom stereocenters. The molecule has 1 nitrogen and oxygen atoms in total. The second kappa shape index (κ2) is 6.05. The van der Waals surface area contributed by atoms with Gasteiger partial charge in [-0.15, -0.1) is 0 Å². The average Bonchev–Trinajstić information content (AvgIpc) is 2.26. The third-order valence-electron chi connectivity index (χ3n) is 2.52. The average molecular weight is 313 g/mol. The van der Waals surface area contributed by atoms with Gasteiger partial charge in [-0.1, -0.05) is 31.5 Å². The highest BCUT2D eigenvalue weighted by Crippen LogP contribution is 2.09. The van der Waals surface area contributed by atoms with Crippen LogP contribution in [0.15, 0.2) is 42.7 Å². The fourth-order valence-corrected chi connectivity index (χ4v) is 1.66. The number of aromatic nitrogens is 1. The Morgan fingerprint density at radius 3 is 2.53 bits per heavy atom. The molecule has 0 radical (unpaired) electrons. The normalized spacial score (nSPS) is 9.93. The molecule has 80 valence electrons. The first-order valence-electron chi connectivity index (χ1n) is 5.28. The molecule has 15 heavy (non-hydrogen) atoms. The maximum atomic E-state index is 2.27. The number of halogens is 1. The molecule has 0 atom stereocenters. The topological polar surface area (TPSA) is 3.88 Å². The lowest BCUT2D eigenvalue weighted by Gasteiger charge is -1.97. The number of hydrogen-bond donors (Lipinski definition) is 0. The highest BCUT2D eigenvalue weighted by Gasteiger charge is 2.00. The number of rotatable bonds is 3. The Labute approximate surface area is 108 Å². The second-order valence-corrected chi connectivity index (χ2v) is 3.67. The summed E-state index contributed by atoms with van der Waals surface area (Å²) >= 11 is 0. The lowest BCUT2D eigenvalue weighted by Crippen LogP contribution is -3.00. The molecule has 2 rings (SSSR count). The summed E-state index contributed by atoms with van der Waals surface area (Å²) in [4.78, 5) is 0. The van der Waals surface area contributed by atoms with Crippen LogP contribution in [-0.4, -0.2) is 0 Å². The van der Waals surface area contributed by atoms with Crippen LogP contribution in [0.4, 0.5) is 0 Å². The predicted molar refractivity (Wildman–Crippen MR) is 59.1 cm³/mol. The van der Waals surface area contributed by atoms with Gasteiger partial charge in [-0.25, -0.2) is 4.57 Å². The largest absolute Gasteiger partial charge is 1.00 e. The molecule has 0 aliphatic carbocycles. The number of hydrogen-bond acceptors (Lipinski definition) is 0. The van der Waals surface area contributed by atoms with E-state index in [2.05, 4.69) is 54.2 Å². The number of unbranched alkanes of at least 4 members (excludes halogenated alkanes) is 1. The summed E-state index contributed by atoms with van der Waals surface area (Å²) in [7, 11) is 0. The van der Waals surface area contributed by atoms with Crippen molar-refractivity contribution in [2.45, 2.75) is 26.3 Å². The van der Waals surface area contributed by atoms with Crippen LogP contribution < -0.4 is 28.5 Å². The van der Waals surface area contributed by atoms with Gasteiger partial charge in [0, 0.05) is 17.9 Å². The highest BCUT2D eigenvalue weighted by atomic mass is 127. The maximum absolute atomic E-state index is 2.27. The number of nitrogens with zero attached hydrogens (tertiary/aromatic N) is 1. The van der Waals surface area contributed by atoms with E-state index in [1.807, 2.05) is 0 Å². The van der Waals surface area contributed by atoms with E-state index in [9.17, 15) is 0 Å². The van der Waals surface area contributed by atoms with Crippen LogP contribution in [0.25, 0.3) is 10.8 Å². The maximum Gasteiger partial charge on any atom is 0.176 e. The molecule has 0 fully saturated rings. The Kier molecular flexibility index (Phi) is 5.02. The molecule has 0 N–H and O–H groups in total. The molecule has 0 bridgehead atoms. The summed E-state index contributed by atoms with van der Waals surface area (Å²) in [6.45, 7) is 3.35. The van der Waals surface area contributed by atoms with Crippen molar-refractivity contribution in [2.24, 2.45) is 0 Å². The Bertz CT molecular complexity index is 426. The van der Waals surface area contributed by atoms with Crippen LogP contribution in [0.3, 0.4) is 0 Å². The summed E-state index contributed by atoms with van der Waals surface area (Å²) in [5.74, 6) is 0. The van der Waals surface area contributed by atoms with E-state index in [4.69, 9.17) is 0 Å². The minimum absolute atomic E-state index is 0. The minimum atomic E-state index is 0. The number of aryl methyl sites for hydroxylation is 1. The molecule has 0 saturated heterocycles. The summed E-state index contributed by atoms with van der Waals surface area (Å²) < 4.78 is 2.27. The van der Waals surface area contributed by atoms with Gasteiger partial charge >= 0.3 is 0 Å². The molecule has 0 spiro atoms. The molecule has 1 aromatic heterocycles. The lowest BCUT2D eigenvalue weighted by molar-refractivity contribution is -0.696. The zero-order valence-electron chi connectivity index (χ0n) is 8.99. The van der Waals surface area contributed by atoms with Crippen LogP contribution >= 0.6 is 0 Å². The van der Waals surface area contributed by atoms with Gasteiger partial charge in [0.05, 0.1) is 0 Å². The second-order valence-electron chi connectivity index (χ2n) is 3.67. The van der Waals surface area contributed by atoms with Gasteiger partial charge in [-0.3, -0.25) is 0 Å². The Hall–Kier alpha value is -0.640. The molecule has 0 saturated carbocycles. The van der Waals surface area contributed by atoms with Crippen molar-refractivity contribution >= 4 is 10.8 Å². The Morgan fingerprint density at radius 1 is 1.07 bits per heavy atom. The van der Waals surface area contributed by atoms with Crippen LogP contribution in [0, 0.1) is 0 Å². The van der Waals surface area contributed by atoms with Crippen molar-refractivity contribution in [3.63, 3.8) is 0 Å². The zero-order valence-corrected chi connectivity index (χ0v) is 11.1. The molecular formula is C13H16IN. The highest BCUT2D eigenvalue weighted by molar-refractivity contribution is 5.80. The van der Waals surface area contributed by atoms with Gasteiger partial charge in [0.25, 0.3) is 0 Å². The molecule has 0 amide bonds. The van der Waals surface area contributed by atoms with E-state index in [1.165, 1.54) is 23.6 Å². The summed E-state index contributed by atoms with van der Waals surface area (Å²) in [5.41, 5.74) is 0. The molecule has 1 heterocycles. The monoisotopic (exact) mass is 313 g/mol. The third kappa shape index (κ3) is 3.16. The summed E-state index contributed by atoms with van der Waals surface area (Å²) in [5, 5.41) is 2.64. The SMILES string of the molecule is CCCC[n+]1ccc2ccccc2c1.[I-]. The first-order chi connectivity index (χ1) is 6.90. The first kappa shape index (κ1) is 12.4. The Morgan fingerprint density at radius 2 is 1.80 bits per heavy atom. The standard InChI is InChI=1S/C13H16N.HI/c1-2-3-9-14-10-8-12-6-4-5-7-13(12)11-14;/h4-8,10-11H,2-3,9H2,1H3;1H/q+1;/p-1. The number of benzene rings is 1. The molecule has 1 aromatic carbocycles. The zero-order chi connectivity index (χ0) is 9.80. The van der Waals surface area contributed by atoms with Gasteiger partial charge in [0.15, 0.2) is 12.4 Å². The fraction of sp³-hybridized carbons (Fsp3) is 0.308. The van der Waals surface area contributed by atoms with Crippen molar-refractivity contribution in [3.8, 4) is 0 Å². The van der Waals surface area contributed by atoms with Gasteiger partial charge < -0.3 is 24.0 Å². The van der Waals surface area contributed by atoms with E-state index >= 15 is 0 Å². The van der Waals surface area contributed by atoms with Crippen molar-refractivity contribution in [1.29, 1.82) is 0 Å². The van der Waals surface area contributed by atoms with E-state index in [1.54, 1.807) is 0 Å². The van der Waals surface area contributed by atoms with Crippen LogP contribution in [0.5, 0.6) is 0 Å². The summed E-state index contributed by atoms with van der Waals surface area (Å²) in [6, 6.07) is 10.7. The van der Waals surface area contributed by atoms with Gasteiger partial charge in [-0.05, 0) is 11.5 Å². The smallest absolute Gasteiger partial charge is 0.176 e. The van der Waals surface area contributed by atoms with E-state index in [0.29, 0.717) is 0 Å². The molecule has 0 aliphatic rings. The van der Waals surface area contributed by atoms with E-state index in [0.717, 1.165) is 6.54 Å². The van der Waals surface area contributed by atoms with Crippen molar-refractivity contribution in [2.75, 3.05) is 0 Å². The lowest BCUT2D eigenvalue weighted by atomic mass is 10.2. The quantitative estimate of drug-likeness (QED) is 0.552. The molecule has 2 aromatic rings. The van der Waals surface area contributed by atoms with Gasteiger partial charge in [-0.2, -0.15) is 0 Å². The van der Waals surface area contributed by atoms with Crippen LogP contribution in [0.2, 0.25) is 0 Å². The number of pyridine rings is 1. The van der Waals surface area contributed by atoms with E-state index < -0.39 is 0 Å². The summed E-state index contributed by atoms with van der Waals surface area (Å²) in [6.07, 6.45) is 6.89. The minimum Gasteiger partial charge on any atom is -1.00 e. The van der Waals surface area contributed by atoms with E-state index in [-0.39, 0.29) is 24.0 Å². The van der Waals surface area contributed by atoms with Gasteiger partial charge in [0.1, 0.15) is 6.54 Å². The molecule has 0 aliphatic heterocycles. The van der Waals surface area contributed by atoms with Gasteiger partial charge in [0.2, 0.25) is 0 Å².